The molecule has 2 fully saturated rings. The van der Waals surface area contributed by atoms with E-state index in [2.05, 4.69) is 22.0 Å². The number of benzene rings is 1. The molecule has 7 heteroatoms. The Labute approximate surface area is 166 Å². The van der Waals surface area contributed by atoms with Crippen LogP contribution in [0.4, 0.5) is 4.39 Å². The Morgan fingerprint density at radius 2 is 1.71 bits per heavy atom. The second-order valence-corrected chi connectivity index (χ2v) is 7.70. The zero-order valence-electron chi connectivity index (χ0n) is 16.7. The van der Waals surface area contributed by atoms with Crippen LogP contribution in [0, 0.1) is 5.82 Å². The fourth-order valence-electron chi connectivity index (χ4n) is 3.98. The summed E-state index contributed by atoms with van der Waals surface area (Å²) in [7, 11) is 0. The van der Waals surface area contributed by atoms with Gasteiger partial charge in [-0.25, -0.2) is 4.39 Å². The topological polar surface area (TPSA) is 55.9 Å². The van der Waals surface area contributed by atoms with Gasteiger partial charge in [0.05, 0.1) is 6.54 Å². The third-order valence-electron chi connectivity index (χ3n) is 5.73. The summed E-state index contributed by atoms with van der Waals surface area (Å²) in [4.78, 5) is 31.4. The largest absolute Gasteiger partial charge is 0.352 e. The minimum atomic E-state index is -0.343. The molecule has 0 saturated carbocycles. The van der Waals surface area contributed by atoms with E-state index in [0.29, 0.717) is 31.7 Å². The van der Waals surface area contributed by atoms with Gasteiger partial charge in [0.2, 0.25) is 5.91 Å². The third-order valence-corrected chi connectivity index (χ3v) is 5.73. The highest BCUT2D eigenvalue weighted by Crippen LogP contribution is 2.12. The number of piperidine rings is 1. The minimum Gasteiger partial charge on any atom is -0.352 e. The average Bonchev–Trinajstić information content (AvgIpc) is 2.94. The standard InChI is InChI=1S/C21H31FN4O2/c1-2-24-12-8-19(9-13-24)23-20(27)16-25-10-3-11-26(15-14-25)21(28)17-4-6-18(22)7-5-17/h4-7,19H,2-3,8-16H2,1H3,(H,23,27). The first-order valence-electron chi connectivity index (χ1n) is 10.3. The summed E-state index contributed by atoms with van der Waals surface area (Å²) in [5, 5.41) is 3.17. The fraction of sp³-hybridized carbons (Fsp3) is 0.619. The molecule has 2 saturated heterocycles. The maximum atomic E-state index is 13.1. The maximum absolute atomic E-state index is 13.1. The second-order valence-electron chi connectivity index (χ2n) is 7.70. The Kier molecular flexibility index (Phi) is 7.39. The van der Waals surface area contributed by atoms with Crippen molar-refractivity contribution in [1.82, 2.24) is 20.0 Å². The summed E-state index contributed by atoms with van der Waals surface area (Å²) in [6, 6.07) is 5.95. The molecular formula is C21H31FN4O2. The molecule has 0 aliphatic carbocycles. The second kappa shape index (κ2) is 9.98. The zero-order valence-corrected chi connectivity index (χ0v) is 16.7. The van der Waals surface area contributed by atoms with Gasteiger partial charge in [0.25, 0.3) is 5.91 Å². The Morgan fingerprint density at radius 1 is 1.00 bits per heavy atom. The molecule has 2 aliphatic heterocycles. The molecule has 0 atom stereocenters. The van der Waals surface area contributed by atoms with E-state index in [0.717, 1.165) is 45.4 Å². The molecule has 3 rings (SSSR count). The molecule has 1 aromatic carbocycles. The number of hydrogen-bond donors (Lipinski definition) is 1. The van der Waals surface area contributed by atoms with Crippen LogP contribution in [0.1, 0.15) is 36.5 Å². The van der Waals surface area contributed by atoms with Gasteiger partial charge in [-0.05, 0) is 50.1 Å². The molecule has 6 nitrogen and oxygen atoms in total. The molecule has 2 aliphatic rings. The number of rotatable bonds is 5. The van der Waals surface area contributed by atoms with Crippen LogP contribution in [0.2, 0.25) is 0 Å². The number of carbonyl (C=O) groups excluding carboxylic acids is 2. The average molecular weight is 391 g/mol. The molecule has 2 amide bonds. The van der Waals surface area contributed by atoms with Crippen molar-refractivity contribution in [3.63, 3.8) is 0 Å². The summed E-state index contributed by atoms with van der Waals surface area (Å²) in [6.45, 7) is 8.43. The van der Waals surface area contributed by atoms with Crippen molar-refractivity contribution in [3.8, 4) is 0 Å². The first-order valence-corrected chi connectivity index (χ1v) is 10.3. The van der Waals surface area contributed by atoms with Crippen LogP contribution in [0.25, 0.3) is 0 Å². The number of likely N-dealkylation sites (tertiary alicyclic amines) is 1. The van der Waals surface area contributed by atoms with E-state index in [1.807, 2.05) is 0 Å². The molecule has 2 heterocycles. The van der Waals surface area contributed by atoms with Gasteiger partial charge in [0, 0.05) is 50.9 Å². The maximum Gasteiger partial charge on any atom is 0.253 e. The normalized spacial score (nSPS) is 20.0. The Hall–Kier alpha value is -1.99. The van der Waals surface area contributed by atoms with Crippen LogP contribution in [0.5, 0.6) is 0 Å². The lowest BCUT2D eigenvalue weighted by atomic mass is 10.1. The Morgan fingerprint density at radius 3 is 2.39 bits per heavy atom. The molecule has 154 valence electrons. The molecule has 0 unspecified atom stereocenters. The minimum absolute atomic E-state index is 0.0750. The fourth-order valence-corrected chi connectivity index (χ4v) is 3.98. The lowest BCUT2D eigenvalue weighted by Crippen LogP contribution is -2.47. The molecule has 1 aromatic rings. The number of halogens is 1. The van der Waals surface area contributed by atoms with Gasteiger partial charge in [-0.1, -0.05) is 6.92 Å². The van der Waals surface area contributed by atoms with Crippen LogP contribution >= 0.6 is 0 Å². The summed E-state index contributed by atoms with van der Waals surface area (Å²) >= 11 is 0. The van der Waals surface area contributed by atoms with E-state index in [-0.39, 0.29) is 23.7 Å². The molecule has 0 bridgehead atoms. The first-order chi connectivity index (χ1) is 13.5. The van der Waals surface area contributed by atoms with E-state index in [1.165, 1.54) is 24.3 Å². The van der Waals surface area contributed by atoms with Gasteiger partial charge in [-0.2, -0.15) is 0 Å². The van der Waals surface area contributed by atoms with Crippen molar-refractivity contribution >= 4 is 11.8 Å². The smallest absolute Gasteiger partial charge is 0.253 e. The predicted molar refractivity (Wildman–Crippen MR) is 107 cm³/mol. The van der Waals surface area contributed by atoms with Crippen molar-refractivity contribution in [1.29, 1.82) is 0 Å². The Bertz CT molecular complexity index is 659. The highest BCUT2D eigenvalue weighted by molar-refractivity contribution is 5.94. The number of nitrogens with one attached hydrogen (secondary N) is 1. The van der Waals surface area contributed by atoms with Crippen molar-refractivity contribution in [3.05, 3.63) is 35.6 Å². The van der Waals surface area contributed by atoms with Crippen molar-refractivity contribution in [2.45, 2.75) is 32.2 Å². The molecule has 0 aromatic heterocycles. The van der Waals surface area contributed by atoms with Crippen LogP contribution in [-0.2, 0) is 4.79 Å². The van der Waals surface area contributed by atoms with E-state index in [9.17, 15) is 14.0 Å². The summed E-state index contributed by atoms with van der Waals surface area (Å²) in [5.41, 5.74) is 0.506. The summed E-state index contributed by atoms with van der Waals surface area (Å²) in [6.07, 6.45) is 2.86. The molecule has 28 heavy (non-hydrogen) atoms. The van der Waals surface area contributed by atoms with Gasteiger partial charge in [0.1, 0.15) is 5.82 Å². The highest BCUT2D eigenvalue weighted by atomic mass is 19.1. The lowest BCUT2D eigenvalue weighted by molar-refractivity contribution is -0.123. The van der Waals surface area contributed by atoms with Gasteiger partial charge in [-0.15, -0.1) is 0 Å². The monoisotopic (exact) mass is 390 g/mol. The van der Waals surface area contributed by atoms with E-state index < -0.39 is 0 Å². The van der Waals surface area contributed by atoms with Crippen molar-refractivity contribution < 1.29 is 14.0 Å². The van der Waals surface area contributed by atoms with E-state index in [1.54, 1.807) is 4.90 Å². The van der Waals surface area contributed by atoms with Gasteiger partial charge in [0.15, 0.2) is 0 Å². The van der Waals surface area contributed by atoms with Crippen LogP contribution < -0.4 is 5.32 Å². The summed E-state index contributed by atoms with van der Waals surface area (Å²) < 4.78 is 13.1. The summed E-state index contributed by atoms with van der Waals surface area (Å²) in [5.74, 6) is -0.341. The number of amides is 2. The number of nitrogens with zero attached hydrogens (tertiary/aromatic N) is 3. The van der Waals surface area contributed by atoms with E-state index >= 15 is 0 Å². The molecule has 1 N–H and O–H groups in total. The third kappa shape index (κ3) is 5.75. The molecule has 0 spiro atoms. The molecular weight excluding hydrogens is 359 g/mol. The lowest BCUT2D eigenvalue weighted by Gasteiger charge is -2.32. The molecule has 0 radical (unpaired) electrons. The SMILES string of the molecule is CCN1CCC(NC(=O)CN2CCCN(C(=O)c3ccc(F)cc3)CC2)CC1. The zero-order chi connectivity index (χ0) is 19.9. The van der Waals surface area contributed by atoms with Crippen LogP contribution in [0.15, 0.2) is 24.3 Å². The van der Waals surface area contributed by atoms with Gasteiger partial charge in [-0.3, -0.25) is 14.5 Å². The van der Waals surface area contributed by atoms with Crippen LogP contribution in [0.3, 0.4) is 0 Å². The van der Waals surface area contributed by atoms with Crippen molar-refractivity contribution in [2.75, 3.05) is 52.4 Å². The first kappa shape index (κ1) is 20.7. The Balaban J connectivity index is 1.44. The number of hydrogen-bond acceptors (Lipinski definition) is 4. The quantitative estimate of drug-likeness (QED) is 0.829. The van der Waals surface area contributed by atoms with E-state index in [4.69, 9.17) is 0 Å². The van der Waals surface area contributed by atoms with Crippen molar-refractivity contribution in [2.24, 2.45) is 0 Å². The highest BCUT2D eigenvalue weighted by Gasteiger charge is 2.23. The predicted octanol–water partition coefficient (Wildman–Crippen LogP) is 1.57. The van der Waals surface area contributed by atoms with Gasteiger partial charge < -0.3 is 15.1 Å². The van der Waals surface area contributed by atoms with Gasteiger partial charge >= 0.3 is 0 Å². The van der Waals surface area contributed by atoms with Crippen LogP contribution in [-0.4, -0.2) is 84.9 Å². The number of carbonyl (C=O) groups is 2.